The Hall–Kier alpha value is -3.77. The molecular weight excluding hydrogens is 438 g/mol. The van der Waals surface area contributed by atoms with Gasteiger partial charge in [0.25, 0.3) is 11.6 Å². The number of fused-ring (bicyclic) bond motifs is 3. The third-order valence-electron chi connectivity index (χ3n) is 6.78. The summed E-state index contributed by atoms with van der Waals surface area (Å²) in [6, 6.07) is 0.859. The van der Waals surface area contributed by atoms with Gasteiger partial charge in [0.15, 0.2) is 11.4 Å². The number of carbonyl (C=O) groups excluding carboxylic acids is 3. The van der Waals surface area contributed by atoms with Crippen LogP contribution < -0.4 is 5.73 Å². The molecule has 3 aliphatic carbocycles. The monoisotopic (exact) mass is 459 g/mol. The van der Waals surface area contributed by atoms with E-state index in [-0.39, 0.29) is 35.2 Å². The molecule has 0 unspecified atom stereocenters. The van der Waals surface area contributed by atoms with Gasteiger partial charge in [0.05, 0.1) is 16.5 Å². The minimum atomic E-state index is -2.75. The Morgan fingerprint density at radius 3 is 2.42 bits per heavy atom. The van der Waals surface area contributed by atoms with Gasteiger partial charge in [-0.15, -0.1) is 0 Å². The molecule has 4 atom stereocenters. The third-order valence-corrected chi connectivity index (χ3v) is 6.78. The van der Waals surface area contributed by atoms with Crippen LogP contribution in [0.4, 0.5) is 5.69 Å². The van der Waals surface area contributed by atoms with E-state index in [1.807, 2.05) is 0 Å². The first-order chi connectivity index (χ1) is 15.3. The van der Waals surface area contributed by atoms with E-state index in [4.69, 9.17) is 5.73 Å². The number of nitrogens with zero attached hydrogens (tertiary/aromatic N) is 2. The fourth-order valence-corrected chi connectivity index (χ4v) is 5.40. The first-order valence-corrected chi connectivity index (χ1v) is 9.98. The smallest absolute Gasteiger partial charge is 0.273 e. The number of aliphatic hydroxyl groups excluding tert-OH is 2. The normalized spacial score (nSPS) is 29.0. The van der Waals surface area contributed by atoms with Crippen molar-refractivity contribution < 1.29 is 39.7 Å². The molecule has 3 aliphatic rings. The second kappa shape index (κ2) is 7.12. The van der Waals surface area contributed by atoms with Crippen molar-refractivity contribution in [2.45, 2.75) is 24.5 Å². The Morgan fingerprint density at radius 2 is 1.88 bits per heavy atom. The standard InChI is InChI=1S/C21H21N3O9/c1-23(2)15-9-6-7-5-8-10(24(32)33)3-4-11(25)13(8)16(26)12(7)18(28)21(9,31)19(29)14(17(15)27)20(22)30/h3-4,7,9,15,25-26,29,31H,5-6H2,1-2H3,(H2,22,30)/t7-,9-,15-,21+/m0/s1. The number of nitro benzene ring substituents is 1. The van der Waals surface area contributed by atoms with Crippen LogP contribution in [-0.2, 0) is 20.8 Å². The van der Waals surface area contributed by atoms with Gasteiger partial charge in [0, 0.05) is 23.1 Å². The zero-order chi connectivity index (χ0) is 24.6. The van der Waals surface area contributed by atoms with E-state index in [1.54, 1.807) is 0 Å². The topological polar surface area (TPSA) is 205 Å². The molecule has 0 heterocycles. The van der Waals surface area contributed by atoms with E-state index in [9.17, 15) is 44.9 Å². The fraction of sp³-hybridized carbons (Fsp3) is 0.381. The molecule has 12 nitrogen and oxygen atoms in total. The second-order valence-electron chi connectivity index (χ2n) is 8.68. The molecular formula is C21H21N3O9. The van der Waals surface area contributed by atoms with E-state index >= 15 is 0 Å². The van der Waals surface area contributed by atoms with E-state index in [1.165, 1.54) is 19.0 Å². The largest absolute Gasteiger partial charge is 0.508 e. The van der Waals surface area contributed by atoms with Gasteiger partial charge in [-0.2, -0.15) is 0 Å². The van der Waals surface area contributed by atoms with Crippen molar-refractivity contribution in [2.75, 3.05) is 14.1 Å². The van der Waals surface area contributed by atoms with Crippen molar-refractivity contribution >= 4 is 28.9 Å². The molecule has 1 aromatic rings. The predicted octanol–water partition coefficient (Wildman–Crippen LogP) is -0.128. The molecule has 12 heteroatoms. The third kappa shape index (κ3) is 2.80. The lowest BCUT2D eigenvalue weighted by atomic mass is 9.57. The van der Waals surface area contributed by atoms with E-state index in [2.05, 4.69) is 0 Å². The minimum absolute atomic E-state index is 0.00520. The lowest BCUT2D eigenvalue weighted by molar-refractivity contribution is -0.385. The number of rotatable bonds is 3. The van der Waals surface area contributed by atoms with Gasteiger partial charge in [-0.25, -0.2) is 0 Å². The van der Waals surface area contributed by atoms with Crippen LogP contribution in [0.3, 0.4) is 0 Å². The summed E-state index contributed by atoms with van der Waals surface area (Å²) >= 11 is 0. The van der Waals surface area contributed by atoms with Crippen molar-refractivity contribution in [3.63, 3.8) is 0 Å². The molecule has 33 heavy (non-hydrogen) atoms. The summed E-state index contributed by atoms with van der Waals surface area (Å²) in [6.07, 6.45) is -0.280. The highest BCUT2D eigenvalue weighted by Crippen LogP contribution is 2.53. The molecule has 1 saturated carbocycles. The predicted molar refractivity (Wildman–Crippen MR) is 111 cm³/mol. The summed E-state index contributed by atoms with van der Waals surface area (Å²) in [5.41, 5.74) is 0.543. The van der Waals surface area contributed by atoms with Crippen molar-refractivity contribution in [2.24, 2.45) is 17.6 Å². The van der Waals surface area contributed by atoms with Crippen molar-refractivity contribution in [3.8, 4) is 5.75 Å². The zero-order valence-electron chi connectivity index (χ0n) is 17.6. The Bertz CT molecular complexity index is 1220. The second-order valence-corrected chi connectivity index (χ2v) is 8.68. The minimum Gasteiger partial charge on any atom is -0.508 e. The van der Waals surface area contributed by atoms with E-state index < -0.39 is 68.7 Å². The Labute approximate surface area is 186 Å². The number of carbonyl (C=O) groups is 3. The van der Waals surface area contributed by atoms with Crippen LogP contribution in [0.1, 0.15) is 17.5 Å². The van der Waals surface area contributed by atoms with Crippen LogP contribution >= 0.6 is 0 Å². The number of ketones is 2. The lowest BCUT2D eigenvalue weighted by Crippen LogP contribution is -2.65. The number of phenolic OH excluding ortho intramolecular Hbond substituents is 1. The van der Waals surface area contributed by atoms with Crippen LogP contribution in [0.15, 0.2) is 29.0 Å². The Balaban J connectivity index is 2.00. The molecule has 1 fully saturated rings. The molecule has 4 rings (SSSR count). The first-order valence-electron chi connectivity index (χ1n) is 9.98. The summed E-state index contributed by atoms with van der Waals surface area (Å²) in [4.78, 5) is 50.6. The maximum atomic E-state index is 13.6. The molecule has 0 radical (unpaired) electrons. The maximum Gasteiger partial charge on any atom is 0.273 e. The van der Waals surface area contributed by atoms with E-state index in [0.717, 1.165) is 12.1 Å². The van der Waals surface area contributed by atoms with E-state index in [0.29, 0.717) is 0 Å². The molecule has 0 bridgehead atoms. The number of amides is 1. The first kappa shape index (κ1) is 22.4. The van der Waals surface area contributed by atoms with Gasteiger partial charge in [-0.05, 0) is 38.9 Å². The van der Waals surface area contributed by atoms with Crippen molar-refractivity contribution in [3.05, 3.63) is 50.3 Å². The molecule has 0 spiro atoms. The summed E-state index contributed by atoms with van der Waals surface area (Å²) in [5.74, 6) is -7.96. The lowest BCUT2D eigenvalue weighted by Gasteiger charge is -2.50. The highest BCUT2D eigenvalue weighted by atomic mass is 16.6. The number of aromatic hydroxyl groups is 1. The van der Waals surface area contributed by atoms with Crippen LogP contribution in [-0.4, -0.2) is 73.5 Å². The summed E-state index contributed by atoms with van der Waals surface area (Å²) < 4.78 is 0. The average Bonchev–Trinajstić information content (AvgIpc) is 2.70. The van der Waals surface area contributed by atoms with Crippen LogP contribution in [0.2, 0.25) is 0 Å². The molecule has 0 aromatic heterocycles. The van der Waals surface area contributed by atoms with Crippen molar-refractivity contribution in [1.82, 2.24) is 4.90 Å². The quantitative estimate of drug-likeness (QED) is 0.230. The van der Waals surface area contributed by atoms with Crippen LogP contribution in [0.25, 0.3) is 5.76 Å². The number of benzene rings is 1. The Kier molecular flexibility index (Phi) is 4.84. The van der Waals surface area contributed by atoms with Crippen molar-refractivity contribution in [1.29, 1.82) is 0 Å². The number of aliphatic hydroxyl groups is 3. The summed E-state index contributed by atoms with van der Waals surface area (Å²) in [5, 5.41) is 54.8. The van der Waals surface area contributed by atoms with Gasteiger partial charge in [-0.1, -0.05) is 0 Å². The average molecular weight is 459 g/mol. The van der Waals surface area contributed by atoms with Gasteiger partial charge < -0.3 is 26.2 Å². The van der Waals surface area contributed by atoms with Gasteiger partial charge in [0.2, 0.25) is 5.78 Å². The molecule has 1 amide bonds. The molecule has 0 saturated heterocycles. The molecule has 1 aromatic carbocycles. The number of hydrogen-bond acceptors (Lipinski definition) is 10. The number of nitro groups is 1. The molecule has 174 valence electrons. The number of nitrogens with two attached hydrogens (primary N) is 1. The number of phenols is 1. The van der Waals surface area contributed by atoms with Crippen LogP contribution in [0.5, 0.6) is 5.75 Å². The van der Waals surface area contributed by atoms with Gasteiger partial charge in [0.1, 0.15) is 22.8 Å². The van der Waals surface area contributed by atoms with Crippen LogP contribution in [0, 0.1) is 22.0 Å². The number of likely N-dealkylation sites (N-methyl/N-ethyl adjacent to an activating group) is 1. The zero-order valence-corrected chi connectivity index (χ0v) is 17.6. The summed E-state index contributed by atoms with van der Waals surface area (Å²) in [6.45, 7) is 0. The number of Topliss-reactive ketones (excluding diaryl/α,β-unsaturated/α-hetero) is 2. The summed E-state index contributed by atoms with van der Waals surface area (Å²) in [7, 11) is 2.96. The van der Waals surface area contributed by atoms with Gasteiger partial charge >= 0.3 is 0 Å². The highest BCUT2D eigenvalue weighted by molar-refractivity contribution is 6.24. The number of hydrogen-bond donors (Lipinski definition) is 5. The Morgan fingerprint density at radius 1 is 1.24 bits per heavy atom. The molecule has 0 aliphatic heterocycles. The fourth-order valence-electron chi connectivity index (χ4n) is 5.40. The molecule has 6 N–H and O–H groups in total. The maximum absolute atomic E-state index is 13.6. The highest BCUT2D eigenvalue weighted by Gasteiger charge is 2.64. The SMILES string of the molecule is CN(C)[C@@H]1C(=O)C(C(N)=O)=C(O)[C@]2(O)C(=O)C3=C(O)c4c(O)ccc([N+](=O)[O-])c4C[C@H]3C[C@@H]12. The number of primary amides is 1. The van der Waals surface area contributed by atoms with Gasteiger partial charge in [-0.3, -0.25) is 29.4 Å².